The van der Waals surface area contributed by atoms with Crippen LogP contribution < -0.4 is 16.0 Å². The summed E-state index contributed by atoms with van der Waals surface area (Å²) in [5.74, 6) is -0.0676. The van der Waals surface area contributed by atoms with Gasteiger partial charge in [0, 0.05) is 35.9 Å². The Morgan fingerprint density at radius 2 is 2.04 bits per heavy atom. The first-order valence-corrected chi connectivity index (χ1v) is 9.20. The van der Waals surface area contributed by atoms with Gasteiger partial charge in [-0.3, -0.25) is 9.59 Å². The van der Waals surface area contributed by atoms with E-state index in [0.717, 1.165) is 47.6 Å². The van der Waals surface area contributed by atoms with E-state index in [1.165, 1.54) is 0 Å². The molecule has 4 rings (SSSR count). The summed E-state index contributed by atoms with van der Waals surface area (Å²) in [6.45, 7) is 0.717. The Morgan fingerprint density at radius 1 is 1.19 bits per heavy atom. The molecule has 5 heteroatoms. The van der Waals surface area contributed by atoms with Crippen LogP contribution in [0.25, 0.3) is 0 Å². The van der Waals surface area contributed by atoms with E-state index in [2.05, 4.69) is 5.32 Å². The van der Waals surface area contributed by atoms with Gasteiger partial charge < -0.3 is 16.0 Å². The van der Waals surface area contributed by atoms with Crippen LogP contribution in [0.3, 0.4) is 0 Å². The Labute approximate surface area is 153 Å². The third kappa shape index (κ3) is 3.05. The van der Waals surface area contributed by atoms with Crippen LogP contribution in [0.2, 0.25) is 0 Å². The number of hydrogen-bond donors (Lipinski definition) is 2. The molecule has 2 aromatic carbocycles. The van der Waals surface area contributed by atoms with Gasteiger partial charge in [-0.2, -0.15) is 0 Å². The number of nitrogens with zero attached hydrogens (tertiary/aromatic N) is 1. The van der Waals surface area contributed by atoms with Crippen LogP contribution in [0.5, 0.6) is 0 Å². The van der Waals surface area contributed by atoms with E-state index >= 15 is 0 Å². The van der Waals surface area contributed by atoms with E-state index in [1.54, 1.807) is 0 Å². The average molecular weight is 349 g/mol. The van der Waals surface area contributed by atoms with Crippen LogP contribution in [0, 0.1) is 5.92 Å². The van der Waals surface area contributed by atoms with Gasteiger partial charge in [0.25, 0.3) is 0 Å². The summed E-state index contributed by atoms with van der Waals surface area (Å²) in [6, 6.07) is 13.6. The van der Waals surface area contributed by atoms with E-state index in [0.29, 0.717) is 19.3 Å². The third-order valence-electron chi connectivity index (χ3n) is 5.41. The second-order valence-corrected chi connectivity index (χ2v) is 7.08. The number of nitrogens with two attached hydrogens (primary N) is 1. The zero-order chi connectivity index (χ0) is 18.1. The first-order valence-electron chi connectivity index (χ1n) is 9.20. The lowest BCUT2D eigenvalue weighted by molar-refractivity contribution is -0.121. The molecule has 2 heterocycles. The van der Waals surface area contributed by atoms with Crippen LogP contribution in [0.1, 0.15) is 30.4 Å². The minimum atomic E-state index is -0.154. The number of nitrogen functional groups attached to an aromatic ring is 1. The molecule has 1 atom stereocenters. The topological polar surface area (TPSA) is 75.4 Å². The SMILES string of the molecule is Nc1cccc2c1CCCN2C(=O)CCC1Cc2ccccc2NC1=O. The number of benzene rings is 2. The number of anilines is 3. The van der Waals surface area contributed by atoms with Crippen molar-refractivity contribution in [2.45, 2.75) is 32.1 Å². The lowest BCUT2D eigenvalue weighted by Crippen LogP contribution is -2.37. The summed E-state index contributed by atoms with van der Waals surface area (Å²) in [5, 5.41) is 2.96. The molecule has 0 spiro atoms. The highest BCUT2D eigenvalue weighted by Crippen LogP contribution is 2.33. The van der Waals surface area contributed by atoms with E-state index in [4.69, 9.17) is 5.73 Å². The number of amides is 2. The molecule has 0 fully saturated rings. The van der Waals surface area contributed by atoms with Gasteiger partial charge in [0.1, 0.15) is 0 Å². The number of carbonyl (C=O) groups excluding carboxylic acids is 2. The minimum absolute atomic E-state index is 0.0137. The molecule has 26 heavy (non-hydrogen) atoms. The summed E-state index contributed by atoms with van der Waals surface area (Å²) < 4.78 is 0. The molecule has 3 N–H and O–H groups in total. The first-order chi connectivity index (χ1) is 12.6. The van der Waals surface area contributed by atoms with Crippen LogP contribution in [-0.4, -0.2) is 18.4 Å². The number of fused-ring (bicyclic) bond motifs is 2. The van der Waals surface area contributed by atoms with Crippen molar-refractivity contribution in [2.75, 3.05) is 22.5 Å². The van der Waals surface area contributed by atoms with Gasteiger partial charge in [0.05, 0.1) is 0 Å². The fourth-order valence-corrected chi connectivity index (χ4v) is 3.99. The number of rotatable bonds is 3. The fraction of sp³-hybridized carbons (Fsp3) is 0.333. The molecule has 0 saturated carbocycles. The Kier molecular flexibility index (Phi) is 4.37. The summed E-state index contributed by atoms with van der Waals surface area (Å²) in [6.07, 6.45) is 3.46. The predicted octanol–water partition coefficient (Wildman–Crippen LogP) is 3.14. The van der Waals surface area contributed by atoms with Crippen molar-refractivity contribution in [2.24, 2.45) is 5.92 Å². The van der Waals surface area contributed by atoms with Crippen LogP contribution in [-0.2, 0) is 22.4 Å². The highest BCUT2D eigenvalue weighted by Gasteiger charge is 2.28. The maximum absolute atomic E-state index is 12.8. The number of hydrogen-bond acceptors (Lipinski definition) is 3. The number of carbonyl (C=O) groups is 2. The van der Waals surface area contributed by atoms with Crippen LogP contribution >= 0.6 is 0 Å². The molecule has 1 unspecified atom stereocenters. The molecule has 5 nitrogen and oxygen atoms in total. The monoisotopic (exact) mass is 349 g/mol. The second kappa shape index (κ2) is 6.83. The molecular weight excluding hydrogens is 326 g/mol. The maximum atomic E-state index is 12.8. The highest BCUT2D eigenvalue weighted by molar-refractivity contribution is 5.98. The molecule has 0 aromatic heterocycles. The predicted molar refractivity (Wildman–Crippen MR) is 103 cm³/mol. The fourth-order valence-electron chi connectivity index (χ4n) is 3.99. The third-order valence-corrected chi connectivity index (χ3v) is 5.41. The summed E-state index contributed by atoms with van der Waals surface area (Å²) in [4.78, 5) is 27.0. The van der Waals surface area contributed by atoms with Crippen molar-refractivity contribution in [3.8, 4) is 0 Å². The van der Waals surface area contributed by atoms with Crippen molar-refractivity contribution in [3.05, 3.63) is 53.6 Å². The smallest absolute Gasteiger partial charge is 0.227 e. The molecule has 2 aliphatic heterocycles. The summed E-state index contributed by atoms with van der Waals surface area (Å²) >= 11 is 0. The number of para-hydroxylation sites is 1. The lowest BCUT2D eigenvalue weighted by Gasteiger charge is -2.31. The molecular formula is C21H23N3O2. The van der Waals surface area contributed by atoms with Gasteiger partial charge >= 0.3 is 0 Å². The Hall–Kier alpha value is -2.82. The second-order valence-electron chi connectivity index (χ2n) is 7.08. The maximum Gasteiger partial charge on any atom is 0.227 e. The largest absolute Gasteiger partial charge is 0.398 e. The standard InChI is InChI=1S/C21H23N3O2/c22-17-7-3-9-19-16(17)6-4-12-24(19)20(25)11-10-15-13-14-5-1-2-8-18(14)23-21(15)26/h1-3,5,7-9,15H,4,6,10-13,22H2,(H,23,26). The van der Waals surface area contributed by atoms with Gasteiger partial charge in [0.15, 0.2) is 0 Å². The van der Waals surface area contributed by atoms with E-state index in [1.807, 2.05) is 47.4 Å². The molecule has 0 radical (unpaired) electrons. The van der Waals surface area contributed by atoms with E-state index < -0.39 is 0 Å². The van der Waals surface area contributed by atoms with Gasteiger partial charge in [-0.15, -0.1) is 0 Å². The molecule has 2 aromatic rings. The molecule has 2 amide bonds. The lowest BCUT2D eigenvalue weighted by atomic mass is 9.89. The van der Waals surface area contributed by atoms with E-state index in [9.17, 15) is 9.59 Å². The van der Waals surface area contributed by atoms with Crippen molar-refractivity contribution < 1.29 is 9.59 Å². The van der Waals surface area contributed by atoms with Gasteiger partial charge in [-0.25, -0.2) is 0 Å². The van der Waals surface area contributed by atoms with Crippen LogP contribution in [0.15, 0.2) is 42.5 Å². The zero-order valence-electron chi connectivity index (χ0n) is 14.7. The Balaban J connectivity index is 1.44. The first kappa shape index (κ1) is 16.6. The van der Waals surface area contributed by atoms with Crippen molar-refractivity contribution in [1.82, 2.24) is 0 Å². The van der Waals surface area contributed by atoms with E-state index in [-0.39, 0.29) is 17.7 Å². The van der Waals surface area contributed by atoms with Gasteiger partial charge in [0.2, 0.25) is 11.8 Å². The molecule has 2 aliphatic rings. The normalized spacial score (nSPS) is 18.7. The summed E-state index contributed by atoms with van der Waals surface area (Å²) in [5.41, 5.74) is 10.8. The van der Waals surface area contributed by atoms with Gasteiger partial charge in [-0.05, 0) is 55.0 Å². The Bertz CT molecular complexity index is 862. The van der Waals surface area contributed by atoms with Gasteiger partial charge in [-0.1, -0.05) is 24.3 Å². The summed E-state index contributed by atoms with van der Waals surface area (Å²) in [7, 11) is 0. The van der Waals surface area contributed by atoms with Crippen molar-refractivity contribution in [1.29, 1.82) is 0 Å². The molecule has 134 valence electrons. The molecule has 0 saturated heterocycles. The Morgan fingerprint density at radius 3 is 2.92 bits per heavy atom. The minimum Gasteiger partial charge on any atom is -0.398 e. The molecule has 0 bridgehead atoms. The zero-order valence-corrected chi connectivity index (χ0v) is 14.7. The number of nitrogens with one attached hydrogen (secondary N) is 1. The molecule has 0 aliphatic carbocycles. The van der Waals surface area contributed by atoms with Crippen molar-refractivity contribution >= 4 is 28.9 Å². The van der Waals surface area contributed by atoms with Crippen LogP contribution in [0.4, 0.5) is 17.1 Å². The van der Waals surface area contributed by atoms with Crippen molar-refractivity contribution in [3.63, 3.8) is 0 Å². The highest BCUT2D eigenvalue weighted by atomic mass is 16.2. The quantitative estimate of drug-likeness (QED) is 0.836. The average Bonchev–Trinajstić information content (AvgIpc) is 2.66.